The molecule has 1 aromatic heterocycles. The van der Waals surface area contributed by atoms with Crippen molar-refractivity contribution in [1.82, 2.24) is 4.90 Å². The van der Waals surface area contributed by atoms with Crippen LogP contribution in [0, 0.1) is 23.9 Å². The SMILES string of the molecule is COc1ccc([C@H](Cc2c(Cl)c[n+]([O-])cc2Cl)OC(=O)c2cc(C)cc(CN(C(=O)O[C@H]3CN4CCC3CC4)c3ccccc3F)c2)cc1OC. The number of hydrogen-bond donors (Lipinski definition) is 0. The Kier molecular flexibility index (Phi) is 11.2. The van der Waals surface area contributed by atoms with Crippen molar-refractivity contribution in [3.63, 3.8) is 0 Å². The van der Waals surface area contributed by atoms with E-state index in [-0.39, 0.29) is 46.3 Å². The van der Waals surface area contributed by atoms with Crippen LogP contribution in [0.5, 0.6) is 11.5 Å². The van der Waals surface area contributed by atoms with Crippen LogP contribution in [-0.4, -0.2) is 56.9 Å². The Morgan fingerprint density at radius 1 is 1.00 bits per heavy atom. The van der Waals surface area contributed by atoms with E-state index in [0.717, 1.165) is 31.5 Å². The number of aromatic nitrogens is 1. The quantitative estimate of drug-likeness (QED) is 0.0888. The molecule has 4 aromatic rings. The fraction of sp³-hybridized carbons (Fsp3) is 0.342. The molecule has 2 bridgehead atoms. The minimum absolute atomic E-state index is 0.0326. The van der Waals surface area contributed by atoms with Gasteiger partial charge in [-0.3, -0.25) is 9.80 Å². The second-order valence-corrected chi connectivity index (χ2v) is 13.6. The zero-order valence-corrected chi connectivity index (χ0v) is 30.0. The molecule has 268 valence electrons. The lowest BCUT2D eigenvalue weighted by Crippen LogP contribution is -2.53. The molecule has 1 amide bonds. The van der Waals surface area contributed by atoms with Gasteiger partial charge >= 0.3 is 12.1 Å². The maximum Gasteiger partial charge on any atom is 0.415 e. The summed E-state index contributed by atoms with van der Waals surface area (Å²) in [6.07, 6.45) is 2.41. The highest BCUT2D eigenvalue weighted by Gasteiger charge is 2.38. The third-order valence-corrected chi connectivity index (χ3v) is 10.1. The average molecular weight is 739 g/mol. The number of halogens is 3. The number of amides is 1. The first-order valence-electron chi connectivity index (χ1n) is 16.6. The largest absolute Gasteiger partial charge is 0.619 e. The van der Waals surface area contributed by atoms with E-state index in [1.165, 1.54) is 43.6 Å². The highest BCUT2D eigenvalue weighted by atomic mass is 35.5. The third-order valence-electron chi connectivity index (χ3n) is 9.40. The molecule has 7 rings (SSSR count). The lowest BCUT2D eigenvalue weighted by molar-refractivity contribution is -0.605. The molecule has 0 spiro atoms. The summed E-state index contributed by atoms with van der Waals surface area (Å²) in [4.78, 5) is 31.2. The summed E-state index contributed by atoms with van der Waals surface area (Å²) in [6.45, 7) is 4.37. The molecule has 4 heterocycles. The number of anilines is 1. The van der Waals surface area contributed by atoms with E-state index >= 15 is 4.39 Å². The summed E-state index contributed by atoms with van der Waals surface area (Å²) in [5.41, 5.74) is 2.52. The number of piperidine rings is 3. The predicted octanol–water partition coefficient (Wildman–Crippen LogP) is 7.47. The predicted molar refractivity (Wildman–Crippen MR) is 190 cm³/mol. The first-order valence-corrected chi connectivity index (χ1v) is 17.3. The highest BCUT2D eigenvalue weighted by Crippen LogP contribution is 2.36. The summed E-state index contributed by atoms with van der Waals surface area (Å²) >= 11 is 12.8. The second-order valence-electron chi connectivity index (χ2n) is 12.8. The molecule has 0 unspecified atom stereocenters. The minimum atomic E-state index is -0.926. The van der Waals surface area contributed by atoms with Crippen molar-refractivity contribution in [1.29, 1.82) is 0 Å². The Morgan fingerprint density at radius 3 is 2.35 bits per heavy atom. The van der Waals surface area contributed by atoms with Crippen molar-refractivity contribution in [3.8, 4) is 11.5 Å². The number of hydrogen-bond acceptors (Lipinski definition) is 8. The van der Waals surface area contributed by atoms with Gasteiger partial charge in [0.2, 0.25) is 0 Å². The summed E-state index contributed by atoms with van der Waals surface area (Å²) in [7, 11) is 3.00. The van der Waals surface area contributed by atoms with Crippen molar-refractivity contribution in [2.24, 2.45) is 5.92 Å². The van der Waals surface area contributed by atoms with Gasteiger partial charge in [-0.15, -0.1) is 0 Å². The van der Waals surface area contributed by atoms with E-state index < -0.39 is 24.0 Å². The Balaban J connectivity index is 1.29. The van der Waals surface area contributed by atoms with Gasteiger partial charge in [0, 0.05) is 18.5 Å². The van der Waals surface area contributed by atoms with Crippen molar-refractivity contribution in [3.05, 3.63) is 122 Å². The van der Waals surface area contributed by atoms with Crippen LogP contribution in [0.15, 0.2) is 73.1 Å². The molecule has 0 aliphatic carbocycles. The van der Waals surface area contributed by atoms with Crippen molar-refractivity contribution < 1.29 is 37.7 Å². The second kappa shape index (κ2) is 15.8. The summed E-state index contributed by atoms with van der Waals surface area (Å²) in [5.74, 6) is -0.0930. The number of pyridine rings is 1. The smallest absolute Gasteiger partial charge is 0.415 e. The van der Waals surface area contributed by atoms with Crippen molar-refractivity contribution >= 4 is 41.0 Å². The number of rotatable bonds is 11. The number of aryl methyl sites for hydroxylation is 1. The van der Waals surface area contributed by atoms with Crippen LogP contribution < -0.4 is 19.1 Å². The first-order chi connectivity index (χ1) is 24.5. The molecule has 0 radical (unpaired) electrons. The number of ether oxygens (including phenoxy) is 4. The van der Waals surface area contributed by atoms with Gasteiger partial charge in [0.1, 0.15) is 28.1 Å². The van der Waals surface area contributed by atoms with Crippen LogP contribution in [0.2, 0.25) is 10.0 Å². The molecule has 3 aliphatic heterocycles. The van der Waals surface area contributed by atoms with E-state index in [4.69, 9.17) is 42.1 Å². The highest BCUT2D eigenvalue weighted by molar-refractivity contribution is 6.35. The molecule has 2 atom stereocenters. The maximum atomic E-state index is 15.2. The number of para-hydroxylation sites is 1. The molecule has 51 heavy (non-hydrogen) atoms. The number of esters is 1. The standard InChI is InChI=1S/C38H38Cl2FN3O7/c1-23-14-24(19-44(32-7-5-4-6-31(32)41)38(46)51-36-22-42-12-10-25(36)11-13-42)16-27(15-23)37(45)50-34(18-28-29(39)20-43(47)21-30(28)40)26-8-9-33(48-2)35(17-26)49-3/h4-9,14-17,20-21,25,34,36H,10-13,18-19,22H2,1-3H3/t34-,36-/m0/s1. The van der Waals surface area contributed by atoms with E-state index in [1.54, 1.807) is 42.5 Å². The van der Waals surface area contributed by atoms with Crippen LogP contribution in [0.25, 0.3) is 0 Å². The molecule has 0 N–H and O–H groups in total. The fourth-order valence-corrected chi connectivity index (χ4v) is 7.40. The van der Waals surface area contributed by atoms with Gasteiger partial charge in [0.15, 0.2) is 23.9 Å². The topological polar surface area (TPSA) is 104 Å². The minimum Gasteiger partial charge on any atom is -0.619 e. The lowest BCUT2D eigenvalue weighted by atomic mass is 9.86. The number of carbonyl (C=O) groups excluding carboxylic acids is 2. The maximum absolute atomic E-state index is 15.2. The summed E-state index contributed by atoms with van der Waals surface area (Å²) in [5, 5.41) is 12.1. The molecular formula is C38H38Cl2FN3O7. The number of nitrogens with zero attached hydrogens (tertiary/aromatic N) is 3. The van der Waals surface area contributed by atoms with Gasteiger partial charge in [-0.2, -0.15) is 4.73 Å². The molecule has 3 aromatic carbocycles. The number of carbonyl (C=O) groups is 2. The van der Waals surface area contributed by atoms with Gasteiger partial charge in [-0.25, -0.2) is 14.0 Å². The average Bonchev–Trinajstić information content (AvgIpc) is 3.11. The zero-order valence-electron chi connectivity index (χ0n) is 28.4. The molecule has 3 aliphatic rings. The van der Waals surface area contributed by atoms with Gasteiger partial charge in [0.25, 0.3) is 0 Å². The number of fused-ring (bicyclic) bond motifs is 3. The van der Waals surface area contributed by atoms with Crippen molar-refractivity contribution in [2.75, 3.05) is 38.8 Å². The molecule has 3 fully saturated rings. The van der Waals surface area contributed by atoms with Gasteiger partial charge in [-0.1, -0.05) is 47.5 Å². The summed E-state index contributed by atoms with van der Waals surface area (Å²) < 4.78 is 38.7. The van der Waals surface area contributed by atoms with Gasteiger partial charge in [-0.05, 0) is 91.9 Å². The number of methoxy groups -OCH3 is 2. The van der Waals surface area contributed by atoms with Crippen LogP contribution in [0.4, 0.5) is 14.9 Å². The molecule has 0 saturated carbocycles. The van der Waals surface area contributed by atoms with E-state index in [2.05, 4.69) is 4.90 Å². The van der Waals surface area contributed by atoms with E-state index in [1.807, 2.05) is 13.0 Å². The Labute approximate surface area is 305 Å². The van der Waals surface area contributed by atoms with Gasteiger partial charge < -0.3 is 24.2 Å². The number of benzene rings is 3. The Morgan fingerprint density at radius 2 is 1.71 bits per heavy atom. The Hall–Kier alpha value is -4.58. The normalized spacial score (nSPS) is 18.5. The molecule has 13 heteroatoms. The van der Waals surface area contributed by atoms with Crippen LogP contribution >= 0.6 is 23.2 Å². The first kappa shape index (κ1) is 36.2. The fourth-order valence-electron chi connectivity index (χ4n) is 6.80. The summed E-state index contributed by atoms with van der Waals surface area (Å²) in [6, 6.07) is 16.2. The Bertz CT molecular complexity index is 1900. The molecule has 3 saturated heterocycles. The zero-order chi connectivity index (χ0) is 36.2. The van der Waals surface area contributed by atoms with E-state index in [9.17, 15) is 14.8 Å². The van der Waals surface area contributed by atoms with Gasteiger partial charge in [0.05, 0.1) is 32.0 Å². The van der Waals surface area contributed by atoms with Crippen LogP contribution in [-0.2, 0) is 22.4 Å². The van der Waals surface area contributed by atoms with Crippen LogP contribution in [0.3, 0.4) is 0 Å². The van der Waals surface area contributed by atoms with E-state index in [0.29, 0.717) is 39.5 Å². The van der Waals surface area contributed by atoms with Crippen molar-refractivity contribution in [2.45, 2.75) is 44.9 Å². The molecular weight excluding hydrogens is 700 g/mol. The third kappa shape index (κ3) is 8.32. The monoisotopic (exact) mass is 737 g/mol. The molecule has 10 nitrogen and oxygen atoms in total. The lowest BCUT2D eigenvalue weighted by Gasteiger charge is -2.44. The van der Waals surface area contributed by atoms with Crippen LogP contribution in [0.1, 0.15) is 51.6 Å².